The molecule has 0 spiro atoms. The van der Waals surface area contributed by atoms with Gasteiger partial charge >= 0.3 is 0 Å². The van der Waals surface area contributed by atoms with Crippen molar-refractivity contribution in [1.29, 1.82) is 0 Å². The summed E-state index contributed by atoms with van der Waals surface area (Å²) < 4.78 is 0. The number of nitrogens with one attached hydrogen (secondary N) is 3. The third-order valence-corrected chi connectivity index (χ3v) is 4.76. The predicted molar refractivity (Wildman–Crippen MR) is 101 cm³/mol. The van der Waals surface area contributed by atoms with Crippen molar-refractivity contribution >= 4 is 50.5 Å². The smallest absolute Gasteiger partial charge is 0.259 e. The molecule has 5 rings (SSSR count). The number of imide groups is 1. The second-order valence-corrected chi connectivity index (χ2v) is 6.29. The van der Waals surface area contributed by atoms with E-state index in [1.165, 1.54) is 0 Å². The number of rotatable bonds is 2. The molecule has 126 valence electrons. The van der Waals surface area contributed by atoms with Gasteiger partial charge in [-0.15, -0.1) is 0 Å². The molecule has 0 radical (unpaired) electrons. The van der Waals surface area contributed by atoms with Crippen LogP contribution in [0, 0.1) is 0 Å². The zero-order chi connectivity index (χ0) is 17.8. The molecule has 2 amide bonds. The van der Waals surface area contributed by atoms with Crippen LogP contribution >= 0.6 is 0 Å². The number of hydrogen-bond acceptors (Lipinski definition) is 3. The van der Waals surface area contributed by atoms with Gasteiger partial charge < -0.3 is 15.7 Å². The van der Waals surface area contributed by atoms with Crippen molar-refractivity contribution in [3.8, 4) is 0 Å². The van der Waals surface area contributed by atoms with Crippen LogP contribution in [0.25, 0.3) is 33.0 Å². The Morgan fingerprint density at radius 2 is 1.35 bits per heavy atom. The molecule has 6 nitrogen and oxygen atoms in total. The average molecular weight is 342 g/mol. The first kappa shape index (κ1) is 14.5. The number of nitrogen functional groups attached to an aromatic ring is 1. The second-order valence-electron chi connectivity index (χ2n) is 6.29. The van der Waals surface area contributed by atoms with Gasteiger partial charge in [0, 0.05) is 51.0 Å². The summed E-state index contributed by atoms with van der Waals surface area (Å²) in [7, 11) is 0. The van der Waals surface area contributed by atoms with Crippen LogP contribution in [0.3, 0.4) is 0 Å². The summed E-state index contributed by atoms with van der Waals surface area (Å²) in [4.78, 5) is 31.5. The predicted octanol–water partition coefficient (Wildman–Crippen LogP) is 2.80. The number of benzene rings is 2. The van der Waals surface area contributed by atoms with E-state index in [0.29, 0.717) is 28.0 Å². The Hall–Kier alpha value is -3.80. The first-order valence-corrected chi connectivity index (χ1v) is 8.17. The third-order valence-electron chi connectivity index (χ3n) is 4.76. The van der Waals surface area contributed by atoms with Crippen molar-refractivity contribution in [3.63, 3.8) is 0 Å². The maximum absolute atomic E-state index is 12.6. The van der Waals surface area contributed by atoms with Gasteiger partial charge in [-0.05, 0) is 18.2 Å². The second kappa shape index (κ2) is 5.10. The Balaban J connectivity index is 1.83. The monoisotopic (exact) mass is 342 g/mol. The standard InChI is InChI=1S/C20H14N4O2/c21-10-5-6-12-14(9-23-16(12)7-10)18-17(19(25)24-20(18)26)13-8-22-15-4-2-1-3-11(13)15/h1-9,22-23H,21H2,(H,24,25,26). The molecule has 26 heavy (non-hydrogen) atoms. The first-order valence-electron chi connectivity index (χ1n) is 8.17. The largest absolute Gasteiger partial charge is 0.399 e. The van der Waals surface area contributed by atoms with E-state index in [1.807, 2.05) is 30.3 Å². The van der Waals surface area contributed by atoms with E-state index in [4.69, 9.17) is 5.73 Å². The molecule has 2 aromatic carbocycles. The highest BCUT2D eigenvalue weighted by molar-refractivity contribution is 6.50. The van der Waals surface area contributed by atoms with Crippen LogP contribution in [0.2, 0.25) is 0 Å². The lowest BCUT2D eigenvalue weighted by molar-refractivity contribution is -0.122. The van der Waals surface area contributed by atoms with E-state index >= 15 is 0 Å². The maximum atomic E-state index is 12.6. The van der Waals surface area contributed by atoms with Crippen molar-refractivity contribution in [3.05, 3.63) is 66.0 Å². The molecule has 0 saturated carbocycles. The number of hydrogen-bond donors (Lipinski definition) is 4. The van der Waals surface area contributed by atoms with Gasteiger partial charge in [0.1, 0.15) is 0 Å². The maximum Gasteiger partial charge on any atom is 0.259 e. The van der Waals surface area contributed by atoms with Crippen LogP contribution in [0.5, 0.6) is 0 Å². The van der Waals surface area contributed by atoms with E-state index in [9.17, 15) is 9.59 Å². The van der Waals surface area contributed by atoms with Crippen molar-refractivity contribution in [2.75, 3.05) is 5.73 Å². The van der Waals surface area contributed by atoms with E-state index in [0.717, 1.165) is 21.8 Å². The zero-order valence-electron chi connectivity index (χ0n) is 13.6. The van der Waals surface area contributed by atoms with Crippen LogP contribution in [-0.4, -0.2) is 21.8 Å². The normalized spacial score (nSPS) is 14.6. The Morgan fingerprint density at radius 1 is 0.731 bits per heavy atom. The highest BCUT2D eigenvalue weighted by Gasteiger charge is 2.34. The highest BCUT2D eigenvalue weighted by Crippen LogP contribution is 2.37. The Morgan fingerprint density at radius 3 is 2.08 bits per heavy atom. The summed E-state index contributed by atoms with van der Waals surface area (Å²) >= 11 is 0. The third kappa shape index (κ3) is 1.92. The highest BCUT2D eigenvalue weighted by atomic mass is 16.2. The fourth-order valence-electron chi connectivity index (χ4n) is 3.60. The molecular weight excluding hydrogens is 328 g/mol. The van der Waals surface area contributed by atoms with E-state index in [-0.39, 0.29) is 5.91 Å². The van der Waals surface area contributed by atoms with E-state index < -0.39 is 5.91 Å². The number of aromatic nitrogens is 2. The molecule has 0 bridgehead atoms. The number of para-hydroxylation sites is 1. The summed E-state index contributed by atoms with van der Waals surface area (Å²) in [5, 5.41) is 4.17. The SMILES string of the molecule is Nc1ccc2c(C3=C(c4c[nH]c5ccccc45)C(=O)NC3=O)c[nH]c2c1. The number of aromatic amines is 2. The van der Waals surface area contributed by atoms with Gasteiger partial charge in [0.05, 0.1) is 11.1 Å². The molecule has 1 aliphatic heterocycles. The summed E-state index contributed by atoms with van der Waals surface area (Å²) in [5.74, 6) is -0.785. The number of H-pyrrole nitrogens is 2. The van der Waals surface area contributed by atoms with Gasteiger partial charge in [0.2, 0.25) is 0 Å². The van der Waals surface area contributed by atoms with E-state index in [1.54, 1.807) is 24.5 Å². The molecule has 0 atom stereocenters. The van der Waals surface area contributed by atoms with Gasteiger partial charge in [-0.25, -0.2) is 0 Å². The number of carbonyl (C=O) groups excluding carboxylic acids is 2. The van der Waals surface area contributed by atoms with Crippen LogP contribution in [0.4, 0.5) is 5.69 Å². The van der Waals surface area contributed by atoms with Crippen molar-refractivity contribution < 1.29 is 9.59 Å². The van der Waals surface area contributed by atoms with Gasteiger partial charge in [-0.2, -0.15) is 0 Å². The fourth-order valence-corrected chi connectivity index (χ4v) is 3.60. The number of carbonyl (C=O) groups is 2. The minimum Gasteiger partial charge on any atom is -0.399 e. The number of nitrogens with two attached hydrogens (primary N) is 1. The van der Waals surface area contributed by atoms with Crippen molar-refractivity contribution in [2.24, 2.45) is 0 Å². The molecule has 0 unspecified atom stereocenters. The van der Waals surface area contributed by atoms with Crippen molar-refractivity contribution in [2.45, 2.75) is 0 Å². The minimum atomic E-state index is -0.395. The molecule has 0 saturated heterocycles. The first-order chi connectivity index (χ1) is 12.6. The van der Waals surface area contributed by atoms with Crippen molar-refractivity contribution in [1.82, 2.24) is 15.3 Å². The summed E-state index contributed by atoms with van der Waals surface area (Å²) in [6, 6.07) is 13.1. The molecular formula is C20H14N4O2. The van der Waals surface area contributed by atoms with Crippen LogP contribution in [0.15, 0.2) is 54.9 Å². The minimum absolute atomic E-state index is 0.371. The topological polar surface area (TPSA) is 104 Å². The zero-order valence-corrected chi connectivity index (χ0v) is 13.6. The summed E-state index contributed by atoms with van der Waals surface area (Å²) in [6.45, 7) is 0. The number of amides is 2. The molecule has 4 aromatic rings. The Kier molecular flexibility index (Phi) is 2.85. The molecule has 0 aliphatic carbocycles. The van der Waals surface area contributed by atoms with Gasteiger partial charge in [-0.3, -0.25) is 14.9 Å². The average Bonchev–Trinajstić information content (AvgIpc) is 3.29. The number of anilines is 1. The molecule has 0 fully saturated rings. The Bertz CT molecular complexity index is 1260. The van der Waals surface area contributed by atoms with Gasteiger partial charge in [0.25, 0.3) is 11.8 Å². The van der Waals surface area contributed by atoms with Gasteiger partial charge in [0.15, 0.2) is 0 Å². The van der Waals surface area contributed by atoms with E-state index in [2.05, 4.69) is 15.3 Å². The van der Waals surface area contributed by atoms with Gasteiger partial charge in [-0.1, -0.05) is 24.3 Å². The number of fused-ring (bicyclic) bond motifs is 2. The lowest BCUT2D eigenvalue weighted by Gasteiger charge is -2.03. The molecule has 1 aliphatic rings. The summed E-state index contributed by atoms with van der Waals surface area (Å²) in [6.07, 6.45) is 3.51. The Labute approximate surface area is 147 Å². The molecule has 6 heteroatoms. The van der Waals surface area contributed by atoms with Crippen LogP contribution < -0.4 is 11.1 Å². The van der Waals surface area contributed by atoms with Crippen LogP contribution in [0.1, 0.15) is 11.1 Å². The lowest BCUT2D eigenvalue weighted by atomic mass is 9.95. The summed E-state index contributed by atoms with van der Waals surface area (Å²) in [5.41, 5.74) is 10.3. The quantitative estimate of drug-likeness (QED) is 0.333. The molecule has 2 aromatic heterocycles. The van der Waals surface area contributed by atoms with Crippen LogP contribution in [-0.2, 0) is 9.59 Å². The fraction of sp³-hybridized carbons (Fsp3) is 0. The molecule has 5 N–H and O–H groups in total. The molecule has 3 heterocycles. The lowest BCUT2D eigenvalue weighted by Crippen LogP contribution is -2.22.